The first-order chi connectivity index (χ1) is 7.99. The van der Waals surface area contributed by atoms with E-state index >= 15 is 0 Å². The van der Waals surface area contributed by atoms with Crippen LogP contribution < -0.4 is 10.1 Å². The number of hydrogen-bond acceptors (Lipinski definition) is 4. The molecule has 1 aromatic carbocycles. The molecular weight excluding hydrogens is 216 g/mol. The van der Waals surface area contributed by atoms with Crippen LogP contribution in [0.1, 0.15) is 31.0 Å². The fourth-order valence-electron chi connectivity index (χ4n) is 2.18. The zero-order valence-electron chi connectivity index (χ0n) is 10.2. The summed E-state index contributed by atoms with van der Waals surface area (Å²) in [5, 5.41) is 22.2. The molecule has 2 rings (SSSR count). The average Bonchev–Trinajstić information content (AvgIpc) is 2.30. The van der Waals surface area contributed by atoms with Gasteiger partial charge in [0.2, 0.25) is 0 Å². The molecular formula is C13H16N2O2. The zero-order valence-corrected chi connectivity index (χ0v) is 10.2. The number of aliphatic hydroxyl groups is 1. The number of hydrogen-bond donors (Lipinski definition) is 2. The predicted octanol–water partition coefficient (Wildman–Crippen LogP) is 1.35. The number of nitrogens with zero attached hydrogens (tertiary/aromatic N) is 1. The number of nitrogens with one attached hydrogen (secondary N) is 1. The highest BCUT2D eigenvalue weighted by atomic mass is 16.5. The third-order valence-electron chi connectivity index (χ3n) is 3.19. The van der Waals surface area contributed by atoms with E-state index in [-0.39, 0.29) is 6.04 Å². The minimum Gasteiger partial charge on any atom is -0.485 e. The summed E-state index contributed by atoms with van der Waals surface area (Å²) in [6.45, 7) is 3.70. The lowest BCUT2D eigenvalue weighted by Gasteiger charge is -2.42. The van der Waals surface area contributed by atoms with E-state index in [2.05, 4.69) is 11.4 Å². The molecule has 17 heavy (non-hydrogen) atoms. The van der Waals surface area contributed by atoms with Crippen LogP contribution in [-0.2, 0) is 0 Å². The SMILES string of the molecule is CN[C@@H]1c2cc(C#N)ccc2OC(C)(C)[C@H]1O. The highest BCUT2D eigenvalue weighted by Gasteiger charge is 2.42. The molecule has 0 bridgehead atoms. The monoisotopic (exact) mass is 232 g/mol. The summed E-state index contributed by atoms with van der Waals surface area (Å²) < 4.78 is 5.76. The number of ether oxygens (including phenoxy) is 1. The Morgan fingerprint density at radius 3 is 2.76 bits per heavy atom. The van der Waals surface area contributed by atoms with Gasteiger partial charge < -0.3 is 15.2 Å². The molecule has 0 unspecified atom stereocenters. The molecule has 1 aliphatic heterocycles. The number of fused-ring (bicyclic) bond motifs is 1. The van der Waals surface area contributed by atoms with Gasteiger partial charge in [-0.1, -0.05) is 0 Å². The van der Waals surface area contributed by atoms with E-state index in [9.17, 15) is 5.11 Å². The largest absolute Gasteiger partial charge is 0.485 e. The van der Waals surface area contributed by atoms with Crippen LogP contribution in [0, 0.1) is 11.3 Å². The van der Waals surface area contributed by atoms with Crippen LogP contribution in [0.2, 0.25) is 0 Å². The maximum atomic E-state index is 10.2. The zero-order chi connectivity index (χ0) is 12.6. The van der Waals surface area contributed by atoms with Crippen LogP contribution in [0.25, 0.3) is 0 Å². The van der Waals surface area contributed by atoms with Crippen molar-refractivity contribution in [1.29, 1.82) is 5.26 Å². The summed E-state index contributed by atoms with van der Waals surface area (Å²) in [7, 11) is 1.79. The number of nitriles is 1. The normalized spacial score (nSPS) is 25.6. The Morgan fingerprint density at radius 2 is 2.18 bits per heavy atom. The van der Waals surface area contributed by atoms with Gasteiger partial charge in [0.05, 0.1) is 17.7 Å². The van der Waals surface area contributed by atoms with Crippen LogP contribution in [0.15, 0.2) is 18.2 Å². The average molecular weight is 232 g/mol. The molecule has 4 nitrogen and oxygen atoms in total. The van der Waals surface area contributed by atoms with E-state index < -0.39 is 11.7 Å². The molecule has 0 aliphatic carbocycles. The predicted molar refractivity (Wildman–Crippen MR) is 63.7 cm³/mol. The summed E-state index contributed by atoms with van der Waals surface area (Å²) in [5.74, 6) is 0.721. The molecule has 0 fully saturated rings. The van der Waals surface area contributed by atoms with Crippen molar-refractivity contribution in [3.05, 3.63) is 29.3 Å². The fourth-order valence-corrected chi connectivity index (χ4v) is 2.18. The molecule has 1 heterocycles. The molecule has 1 aromatic rings. The fraction of sp³-hybridized carbons (Fsp3) is 0.462. The van der Waals surface area contributed by atoms with Gasteiger partial charge in [-0.3, -0.25) is 0 Å². The Labute approximate surface area is 101 Å². The van der Waals surface area contributed by atoms with Crippen LogP contribution in [0.5, 0.6) is 5.75 Å². The molecule has 0 saturated carbocycles. The second kappa shape index (κ2) is 4.02. The van der Waals surface area contributed by atoms with E-state index in [0.717, 1.165) is 11.3 Å². The molecule has 90 valence electrons. The summed E-state index contributed by atoms with van der Waals surface area (Å²) in [6, 6.07) is 7.14. The van der Waals surface area contributed by atoms with Crippen molar-refractivity contribution >= 4 is 0 Å². The first-order valence-corrected chi connectivity index (χ1v) is 5.58. The van der Waals surface area contributed by atoms with Gasteiger partial charge in [-0.15, -0.1) is 0 Å². The van der Waals surface area contributed by atoms with E-state index in [1.165, 1.54) is 0 Å². The maximum Gasteiger partial charge on any atom is 0.131 e. The van der Waals surface area contributed by atoms with Gasteiger partial charge in [0.25, 0.3) is 0 Å². The Morgan fingerprint density at radius 1 is 1.47 bits per heavy atom. The molecule has 4 heteroatoms. The molecule has 0 aromatic heterocycles. The van der Waals surface area contributed by atoms with Crippen molar-refractivity contribution in [3.8, 4) is 11.8 Å². The van der Waals surface area contributed by atoms with Gasteiger partial charge in [0, 0.05) is 5.56 Å². The lowest BCUT2D eigenvalue weighted by molar-refractivity contribution is -0.0631. The van der Waals surface area contributed by atoms with Gasteiger partial charge in [-0.2, -0.15) is 5.26 Å². The molecule has 0 amide bonds. The molecule has 1 aliphatic rings. The first-order valence-electron chi connectivity index (χ1n) is 5.58. The van der Waals surface area contributed by atoms with E-state index in [1.54, 1.807) is 25.2 Å². The van der Waals surface area contributed by atoms with Crippen molar-refractivity contribution in [2.75, 3.05) is 7.05 Å². The van der Waals surface area contributed by atoms with Gasteiger partial charge in [0.15, 0.2) is 0 Å². The van der Waals surface area contributed by atoms with Gasteiger partial charge in [-0.25, -0.2) is 0 Å². The maximum absolute atomic E-state index is 10.2. The van der Waals surface area contributed by atoms with E-state index in [0.29, 0.717) is 5.56 Å². The molecule has 2 N–H and O–H groups in total. The summed E-state index contributed by atoms with van der Waals surface area (Å²) in [4.78, 5) is 0. The molecule has 0 radical (unpaired) electrons. The minimum absolute atomic E-state index is 0.220. The first kappa shape index (κ1) is 11.9. The number of rotatable bonds is 1. The van der Waals surface area contributed by atoms with Crippen LogP contribution in [0.3, 0.4) is 0 Å². The van der Waals surface area contributed by atoms with Gasteiger partial charge in [-0.05, 0) is 39.1 Å². The molecule has 0 saturated heterocycles. The van der Waals surface area contributed by atoms with Crippen LogP contribution in [0.4, 0.5) is 0 Å². The Kier molecular flexibility index (Phi) is 2.82. The summed E-state index contributed by atoms with van der Waals surface area (Å²) in [5.41, 5.74) is 0.757. The Bertz CT molecular complexity index is 477. The standard InChI is InChI=1S/C13H16N2O2/c1-13(2)12(16)11(15-3)9-6-8(7-14)4-5-10(9)17-13/h4-6,11-12,15-16H,1-3H3/t11-,12+/m1/s1. The molecule has 2 atom stereocenters. The highest BCUT2D eigenvalue weighted by Crippen LogP contribution is 2.39. The smallest absolute Gasteiger partial charge is 0.131 e. The number of aliphatic hydroxyl groups excluding tert-OH is 1. The Balaban J connectivity index is 2.53. The highest BCUT2D eigenvalue weighted by molar-refractivity contribution is 5.46. The third-order valence-corrected chi connectivity index (χ3v) is 3.19. The van der Waals surface area contributed by atoms with Crippen molar-refractivity contribution in [2.24, 2.45) is 0 Å². The number of benzene rings is 1. The lowest BCUT2D eigenvalue weighted by atomic mass is 9.86. The van der Waals surface area contributed by atoms with E-state index in [4.69, 9.17) is 10.00 Å². The lowest BCUT2D eigenvalue weighted by Crippen LogP contribution is -2.51. The number of likely N-dealkylation sites (N-methyl/N-ethyl adjacent to an activating group) is 1. The second-order valence-electron chi connectivity index (χ2n) is 4.78. The summed E-state index contributed by atoms with van der Waals surface area (Å²) >= 11 is 0. The van der Waals surface area contributed by atoms with Crippen molar-refractivity contribution < 1.29 is 9.84 Å². The quantitative estimate of drug-likeness (QED) is 0.767. The minimum atomic E-state index is -0.658. The van der Waals surface area contributed by atoms with Crippen molar-refractivity contribution in [2.45, 2.75) is 31.6 Å². The van der Waals surface area contributed by atoms with Crippen LogP contribution in [-0.4, -0.2) is 23.9 Å². The van der Waals surface area contributed by atoms with Crippen molar-refractivity contribution in [1.82, 2.24) is 5.32 Å². The van der Waals surface area contributed by atoms with Gasteiger partial charge >= 0.3 is 0 Å². The molecule has 0 spiro atoms. The second-order valence-corrected chi connectivity index (χ2v) is 4.78. The van der Waals surface area contributed by atoms with E-state index in [1.807, 2.05) is 13.8 Å². The third kappa shape index (κ3) is 1.88. The van der Waals surface area contributed by atoms with Gasteiger partial charge in [0.1, 0.15) is 17.5 Å². The topological polar surface area (TPSA) is 65.3 Å². The Hall–Kier alpha value is -1.57. The van der Waals surface area contributed by atoms with Crippen LogP contribution >= 0.6 is 0 Å². The summed E-state index contributed by atoms with van der Waals surface area (Å²) in [6.07, 6.45) is -0.658. The van der Waals surface area contributed by atoms with Crippen molar-refractivity contribution in [3.63, 3.8) is 0 Å².